The normalized spacial score (nSPS) is 10.7. The van der Waals surface area contributed by atoms with E-state index >= 15 is 0 Å². The first kappa shape index (κ1) is 25.9. The van der Waals surface area contributed by atoms with E-state index in [1.54, 1.807) is 31.4 Å². The third-order valence-corrected chi connectivity index (χ3v) is 6.65. The average Bonchev–Trinajstić information content (AvgIpc) is 3.30. The Morgan fingerprint density at radius 2 is 1.78 bits per heavy atom. The van der Waals surface area contributed by atoms with Gasteiger partial charge in [-0.2, -0.15) is 0 Å². The summed E-state index contributed by atoms with van der Waals surface area (Å²) in [4.78, 5) is 25.2. The van der Waals surface area contributed by atoms with Gasteiger partial charge in [0, 0.05) is 11.3 Å². The second-order valence-corrected chi connectivity index (χ2v) is 9.15. The van der Waals surface area contributed by atoms with Crippen LogP contribution in [0.2, 0.25) is 0 Å². The minimum atomic E-state index is -0.488. The maximum absolute atomic E-state index is 13.5. The molecule has 0 aliphatic carbocycles. The SMILES string of the molecule is COc1ccc(NC(=O)CSc2nnc(CNC(=O)c3cccc(F)c3)n2-c2cccc(C)c2C)cc1. The molecule has 10 heteroatoms. The lowest BCUT2D eigenvalue weighted by Crippen LogP contribution is -2.25. The van der Waals surface area contributed by atoms with Gasteiger partial charge in [-0.1, -0.05) is 30.0 Å². The molecule has 1 aromatic heterocycles. The summed E-state index contributed by atoms with van der Waals surface area (Å²) in [6.07, 6.45) is 0. The van der Waals surface area contributed by atoms with Crippen LogP contribution >= 0.6 is 11.8 Å². The highest BCUT2D eigenvalue weighted by molar-refractivity contribution is 7.99. The number of benzene rings is 3. The standard InChI is InChI=1S/C27H26FN5O3S/c1-17-6-4-9-23(18(17)2)33-24(15-29-26(35)19-7-5-8-20(28)14-19)31-32-27(33)37-16-25(34)30-21-10-12-22(36-3)13-11-21/h4-14H,15-16H2,1-3H3,(H,29,35)(H,30,34). The first-order valence-electron chi connectivity index (χ1n) is 11.5. The minimum absolute atomic E-state index is 0.0638. The summed E-state index contributed by atoms with van der Waals surface area (Å²) in [5, 5.41) is 14.7. The van der Waals surface area contributed by atoms with E-state index in [0.29, 0.717) is 22.4 Å². The third kappa shape index (κ3) is 6.34. The number of rotatable bonds is 9. The van der Waals surface area contributed by atoms with Gasteiger partial charge in [0.1, 0.15) is 11.6 Å². The molecule has 1 heterocycles. The first-order valence-corrected chi connectivity index (χ1v) is 12.5. The Labute approximate surface area is 218 Å². The molecule has 0 saturated carbocycles. The van der Waals surface area contributed by atoms with Crippen molar-refractivity contribution in [3.05, 3.63) is 95.1 Å². The summed E-state index contributed by atoms with van der Waals surface area (Å²) < 4.78 is 20.5. The lowest BCUT2D eigenvalue weighted by Gasteiger charge is -2.15. The predicted molar refractivity (Wildman–Crippen MR) is 141 cm³/mol. The number of hydrogen-bond acceptors (Lipinski definition) is 6. The highest BCUT2D eigenvalue weighted by Crippen LogP contribution is 2.26. The van der Waals surface area contributed by atoms with Gasteiger partial charge in [0.25, 0.3) is 5.91 Å². The fraction of sp³-hybridized carbons (Fsp3) is 0.185. The van der Waals surface area contributed by atoms with E-state index in [1.165, 1.54) is 36.0 Å². The van der Waals surface area contributed by atoms with E-state index in [-0.39, 0.29) is 23.8 Å². The van der Waals surface area contributed by atoms with Gasteiger partial charge in [0.2, 0.25) is 5.91 Å². The number of nitrogens with zero attached hydrogens (tertiary/aromatic N) is 3. The van der Waals surface area contributed by atoms with Crippen LogP contribution in [-0.4, -0.2) is 39.4 Å². The van der Waals surface area contributed by atoms with E-state index in [0.717, 1.165) is 16.8 Å². The van der Waals surface area contributed by atoms with Crippen LogP contribution in [0.15, 0.2) is 71.9 Å². The molecule has 37 heavy (non-hydrogen) atoms. The van der Waals surface area contributed by atoms with Gasteiger partial charge in [0.05, 0.1) is 25.1 Å². The molecule has 8 nitrogen and oxygen atoms in total. The zero-order valence-corrected chi connectivity index (χ0v) is 21.4. The fourth-order valence-corrected chi connectivity index (χ4v) is 4.38. The number of aryl methyl sites for hydroxylation is 1. The number of halogens is 1. The van der Waals surface area contributed by atoms with Gasteiger partial charge >= 0.3 is 0 Å². The lowest BCUT2D eigenvalue weighted by molar-refractivity contribution is -0.113. The van der Waals surface area contributed by atoms with Crippen LogP contribution in [0, 0.1) is 19.7 Å². The van der Waals surface area contributed by atoms with Gasteiger partial charge in [-0.25, -0.2) is 4.39 Å². The molecule has 4 aromatic rings. The molecule has 190 valence electrons. The number of methoxy groups -OCH3 is 1. The Balaban J connectivity index is 1.53. The van der Waals surface area contributed by atoms with Crippen LogP contribution < -0.4 is 15.4 Å². The summed E-state index contributed by atoms with van der Waals surface area (Å²) in [5.74, 6) is 0.167. The highest BCUT2D eigenvalue weighted by Gasteiger charge is 2.19. The third-order valence-electron chi connectivity index (χ3n) is 5.72. The summed E-state index contributed by atoms with van der Waals surface area (Å²) in [7, 11) is 1.58. The number of ether oxygens (including phenoxy) is 1. The Bertz CT molecular complexity index is 1420. The number of amides is 2. The minimum Gasteiger partial charge on any atom is -0.497 e. The second-order valence-electron chi connectivity index (χ2n) is 8.21. The van der Waals surface area contributed by atoms with Gasteiger partial charge in [-0.3, -0.25) is 14.2 Å². The molecule has 3 aromatic carbocycles. The molecule has 0 unspecified atom stereocenters. The number of hydrogen-bond donors (Lipinski definition) is 2. The van der Waals surface area contributed by atoms with Crippen molar-refractivity contribution in [2.24, 2.45) is 0 Å². The van der Waals surface area contributed by atoms with Gasteiger partial charge in [0.15, 0.2) is 11.0 Å². The predicted octanol–water partition coefficient (Wildman–Crippen LogP) is 4.69. The molecule has 4 rings (SSSR count). The maximum atomic E-state index is 13.5. The van der Waals surface area contributed by atoms with Crippen LogP contribution in [0.3, 0.4) is 0 Å². The van der Waals surface area contributed by atoms with Crippen molar-refractivity contribution in [2.45, 2.75) is 25.5 Å². The number of thioether (sulfide) groups is 1. The zero-order chi connectivity index (χ0) is 26.4. The van der Waals surface area contributed by atoms with Crippen molar-refractivity contribution in [3.8, 4) is 11.4 Å². The molecule has 2 N–H and O–H groups in total. The average molecular weight is 520 g/mol. The topological polar surface area (TPSA) is 98.1 Å². The number of carbonyl (C=O) groups excluding carboxylic acids is 2. The van der Waals surface area contributed by atoms with E-state index in [4.69, 9.17) is 4.74 Å². The van der Waals surface area contributed by atoms with Gasteiger partial charge in [-0.05, 0) is 73.5 Å². The Kier molecular flexibility index (Phi) is 8.19. The van der Waals surface area contributed by atoms with Crippen molar-refractivity contribution in [1.29, 1.82) is 0 Å². The molecular formula is C27H26FN5O3S. The zero-order valence-electron chi connectivity index (χ0n) is 20.6. The lowest BCUT2D eigenvalue weighted by atomic mass is 10.1. The Hall–Kier alpha value is -4.18. The highest BCUT2D eigenvalue weighted by atomic mass is 32.2. The van der Waals surface area contributed by atoms with Crippen molar-refractivity contribution in [2.75, 3.05) is 18.2 Å². The maximum Gasteiger partial charge on any atom is 0.251 e. The Morgan fingerprint density at radius 3 is 2.51 bits per heavy atom. The van der Waals surface area contributed by atoms with Gasteiger partial charge in [-0.15, -0.1) is 10.2 Å². The van der Waals surface area contributed by atoms with Gasteiger partial charge < -0.3 is 15.4 Å². The van der Waals surface area contributed by atoms with E-state index in [1.807, 2.05) is 36.6 Å². The van der Waals surface area contributed by atoms with Crippen molar-refractivity contribution < 1.29 is 18.7 Å². The largest absolute Gasteiger partial charge is 0.497 e. The first-order chi connectivity index (χ1) is 17.9. The van der Waals surface area contributed by atoms with E-state index in [2.05, 4.69) is 20.8 Å². The summed E-state index contributed by atoms with van der Waals surface area (Å²) in [6, 6.07) is 18.4. The van der Waals surface area contributed by atoms with Crippen LogP contribution in [0.25, 0.3) is 5.69 Å². The smallest absolute Gasteiger partial charge is 0.251 e. The number of nitrogens with one attached hydrogen (secondary N) is 2. The molecule has 0 radical (unpaired) electrons. The summed E-state index contributed by atoms with van der Waals surface area (Å²) in [5.41, 5.74) is 3.81. The number of aromatic nitrogens is 3. The molecule has 0 bridgehead atoms. The van der Waals surface area contributed by atoms with Crippen LogP contribution in [0.5, 0.6) is 5.75 Å². The number of anilines is 1. The van der Waals surface area contributed by atoms with Crippen molar-refractivity contribution >= 4 is 29.3 Å². The number of carbonyl (C=O) groups is 2. The monoisotopic (exact) mass is 519 g/mol. The fourth-order valence-electron chi connectivity index (χ4n) is 3.62. The van der Waals surface area contributed by atoms with E-state index < -0.39 is 11.7 Å². The molecular weight excluding hydrogens is 493 g/mol. The van der Waals surface area contributed by atoms with Crippen LogP contribution in [-0.2, 0) is 11.3 Å². The van der Waals surface area contributed by atoms with Crippen molar-refractivity contribution in [1.82, 2.24) is 20.1 Å². The Morgan fingerprint density at radius 1 is 1.03 bits per heavy atom. The van der Waals surface area contributed by atoms with Crippen LogP contribution in [0.4, 0.5) is 10.1 Å². The summed E-state index contributed by atoms with van der Waals surface area (Å²) in [6.45, 7) is 4.06. The van der Waals surface area contributed by atoms with E-state index in [9.17, 15) is 14.0 Å². The molecule has 0 atom stereocenters. The summed E-state index contributed by atoms with van der Waals surface area (Å²) >= 11 is 1.24. The van der Waals surface area contributed by atoms with Crippen molar-refractivity contribution in [3.63, 3.8) is 0 Å². The molecule has 2 amide bonds. The second kappa shape index (κ2) is 11.7. The molecule has 0 spiro atoms. The molecule has 0 aliphatic heterocycles. The molecule has 0 saturated heterocycles. The molecule has 0 aliphatic rings. The van der Waals surface area contributed by atoms with Crippen LogP contribution in [0.1, 0.15) is 27.3 Å². The quantitative estimate of drug-likeness (QED) is 0.311. The molecule has 0 fully saturated rings.